The van der Waals surface area contributed by atoms with Crippen LogP contribution in [0.15, 0.2) is 31.1 Å². The van der Waals surface area contributed by atoms with E-state index in [-0.39, 0.29) is 5.70 Å². The van der Waals surface area contributed by atoms with Crippen LogP contribution in [0.2, 0.25) is 0 Å². The molecule has 1 saturated heterocycles. The van der Waals surface area contributed by atoms with Gasteiger partial charge in [0.1, 0.15) is 12.1 Å². The third-order valence-corrected chi connectivity index (χ3v) is 4.60. The Hall–Kier alpha value is -2.82. The van der Waals surface area contributed by atoms with Crippen molar-refractivity contribution in [1.29, 1.82) is 0 Å². The molecule has 2 aliphatic rings. The van der Waals surface area contributed by atoms with Crippen molar-refractivity contribution in [2.75, 3.05) is 23.0 Å². The van der Waals surface area contributed by atoms with Gasteiger partial charge in [-0.1, -0.05) is 0 Å². The average Bonchev–Trinajstić information content (AvgIpc) is 3.29. The number of hydrazine groups is 1. The van der Waals surface area contributed by atoms with Gasteiger partial charge in [-0.25, -0.2) is 20.0 Å². The summed E-state index contributed by atoms with van der Waals surface area (Å²) in [6.45, 7) is 1.82. The minimum atomic E-state index is -4.54. The van der Waals surface area contributed by atoms with Crippen LogP contribution in [-0.2, 0) is 6.18 Å². The summed E-state index contributed by atoms with van der Waals surface area (Å²) in [6, 6.07) is 1.74. The van der Waals surface area contributed by atoms with Crippen LogP contribution < -0.4 is 15.3 Å². The van der Waals surface area contributed by atoms with Gasteiger partial charge in [-0.3, -0.25) is 5.43 Å². The number of nitrogens with one attached hydrogen (secondary N) is 1. The molecule has 0 radical (unpaired) electrons. The number of hydrogen-bond acceptors (Lipinski definition) is 7. The van der Waals surface area contributed by atoms with Gasteiger partial charge in [0.15, 0.2) is 17.7 Å². The van der Waals surface area contributed by atoms with Gasteiger partial charge >= 0.3 is 6.18 Å². The van der Waals surface area contributed by atoms with Gasteiger partial charge < -0.3 is 14.6 Å². The second-order valence-corrected chi connectivity index (χ2v) is 6.39. The Morgan fingerprint density at radius 2 is 1.81 bits per heavy atom. The first kappa shape index (κ1) is 17.6. The normalized spacial score (nSPS) is 20.6. The fraction of sp³-hybridized carbons (Fsp3) is 0.438. The van der Waals surface area contributed by atoms with E-state index in [1.807, 2.05) is 0 Å². The number of hydrogen-bond donors (Lipinski definition) is 2. The van der Waals surface area contributed by atoms with Crippen LogP contribution in [-0.4, -0.2) is 43.9 Å². The zero-order valence-electron chi connectivity index (χ0n) is 14.3. The van der Waals surface area contributed by atoms with Gasteiger partial charge in [-0.05, 0) is 19.3 Å². The number of imidazole rings is 1. The minimum absolute atomic E-state index is 0.205. The lowest BCUT2D eigenvalue weighted by Crippen LogP contribution is -2.39. The average molecular weight is 381 g/mol. The van der Waals surface area contributed by atoms with Crippen molar-refractivity contribution in [3.8, 4) is 0 Å². The quantitative estimate of drug-likeness (QED) is 0.839. The van der Waals surface area contributed by atoms with E-state index in [1.165, 1.54) is 24.0 Å². The Morgan fingerprint density at radius 1 is 1.07 bits per heavy atom. The van der Waals surface area contributed by atoms with Crippen LogP contribution in [0.3, 0.4) is 0 Å². The molecule has 2 aromatic heterocycles. The third-order valence-electron chi connectivity index (χ3n) is 4.60. The van der Waals surface area contributed by atoms with E-state index in [0.717, 1.165) is 48.8 Å². The van der Waals surface area contributed by atoms with Crippen LogP contribution in [0, 0.1) is 0 Å². The van der Waals surface area contributed by atoms with E-state index in [4.69, 9.17) is 0 Å². The van der Waals surface area contributed by atoms with Crippen LogP contribution in [0.5, 0.6) is 0 Å². The van der Waals surface area contributed by atoms with Crippen LogP contribution in [0.25, 0.3) is 5.70 Å². The van der Waals surface area contributed by atoms with Crippen LogP contribution in [0.4, 0.5) is 24.8 Å². The Bertz CT molecular complexity index is 845. The predicted octanol–water partition coefficient (Wildman–Crippen LogP) is 1.82. The first-order chi connectivity index (χ1) is 12.9. The summed E-state index contributed by atoms with van der Waals surface area (Å²) in [5, 5.41) is 11.9. The molecule has 0 saturated carbocycles. The topological polar surface area (TPSA) is 82.3 Å². The number of anilines is 2. The fourth-order valence-electron chi connectivity index (χ4n) is 3.19. The standard InChI is InChI=1S/C16H18F3N7O/c17-16(18,19)12-8-25(10-22-12)11-7-23-26(15(11)27)14-6-13(20-9-21-14)24-4-2-1-3-5-24/h6-10,15,23,27H,1-5H2. The Labute approximate surface area is 152 Å². The zero-order chi connectivity index (χ0) is 19.0. The molecule has 11 heteroatoms. The molecular formula is C16H18F3N7O. The first-order valence-corrected chi connectivity index (χ1v) is 8.55. The predicted molar refractivity (Wildman–Crippen MR) is 91.2 cm³/mol. The van der Waals surface area contributed by atoms with Crippen molar-refractivity contribution in [2.24, 2.45) is 0 Å². The van der Waals surface area contributed by atoms with Gasteiger partial charge in [0.05, 0.1) is 12.0 Å². The molecule has 0 aromatic carbocycles. The molecule has 4 heterocycles. The highest BCUT2D eigenvalue weighted by Crippen LogP contribution is 2.30. The Balaban J connectivity index is 1.53. The van der Waals surface area contributed by atoms with E-state index in [2.05, 4.69) is 25.3 Å². The Kier molecular flexibility index (Phi) is 4.38. The molecule has 2 aromatic rings. The van der Waals surface area contributed by atoms with Gasteiger partial charge in [0, 0.05) is 31.6 Å². The van der Waals surface area contributed by atoms with Gasteiger partial charge in [-0.15, -0.1) is 0 Å². The maximum Gasteiger partial charge on any atom is 0.434 e. The molecule has 1 fully saturated rings. The molecule has 4 rings (SSSR count). The summed E-state index contributed by atoms with van der Waals surface area (Å²) in [5.41, 5.74) is 2.01. The largest absolute Gasteiger partial charge is 0.434 e. The molecule has 144 valence electrons. The lowest BCUT2D eigenvalue weighted by atomic mass is 10.1. The van der Waals surface area contributed by atoms with Crippen LogP contribution >= 0.6 is 0 Å². The number of piperidine rings is 1. The monoisotopic (exact) mass is 381 g/mol. The smallest absolute Gasteiger partial charge is 0.367 e. The molecular weight excluding hydrogens is 363 g/mol. The van der Waals surface area contributed by atoms with E-state index < -0.39 is 18.1 Å². The maximum absolute atomic E-state index is 12.7. The molecule has 1 unspecified atom stereocenters. The summed E-state index contributed by atoms with van der Waals surface area (Å²) in [4.78, 5) is 14.0. The van der Waals surface area contributed by atoms with Crippen molar-refractivity contribution in [3.05, 3.63) is 36.8 Å². The van der Waals surface area contributed by atoms with E-state index >= 15 is 0 Å². The van der Waals surface area contributed by atoms with Crippen molar-refractivity contribution < 1.29 is 18.3 Å². The van der Waals surface area contributed by atoms with Crippen molar-refractivity contribution in [3.63, 3.8) is 0 Å². The summed E-state index contributed by atoms with van der Waals surface area (Å²) in [7, 11) is 0. The van der Waals surface area contributed by atoms with Crippen LogP contribution in [0.1, 0.15) is 25.0 Å². The highest BCUT2D eigenvalue weighted by molar-refractivity contribution is 5.62. The summed E-state index contributed by atoms with van der Waals surface area (Å²) < 4.78 is 39.4. The Morgan fingerprint density at radius 3 is 2.52 bits per heavy atom. The number of alkyl halides is 3. The molecule has 0 amide bonds. The number of nitrogens with zero attached hydrogens (tertiary/aromatic N) is 6. The number of aliphatic hydroxyl groups is 1. The van der Waals surface area contributed by atoms with E-state index in [0.29, 0.717) is 5.82 Å². The fourth-order valence-corrected chi connectivity index (χ4v) is 3.19. The minimum Gasteiger partial charge on any atom is -0.367 e. The molecule has 0 spiro atoms. The number of halogens is 3. The first-order valence-electron chi connectivity index (χ1n) is 8.55. The molecule has 0 bridgehead atoms. The van der Waals surface area contributed by atoms with Crippen molar-refractivity contribution in [2.45, 2.75) is 31.7 Å². The van der Waals surface area contributed by atoms with Crippen molar-refractivity contribution in [1.82, 2.24) is 24.9 Å². The molecule has 1 atom stereocenters. The van der Waals surface area contributed by atoms with Gasteiger partial charge in [0.2, 0.25) is 0 Å². The number of rotatable bonds is 3. The second kappa shape index (κ2) is 6.72. The van der Waals surface area contributed by atoms with Gasteiger partial charge in [-0.2, -0.15) is 13.2 Å². The molecule has 8 nitrogen and oxygen atoms in total. The molecule has 2 aliphatic heterocycles. The number of aromatic nitrogens is 4. The third kappa shape index (κ3) is 3.42. The summed E-state index contributed by atoms with van der Waals surface area (Å²) in [6.07, 6.45) is 2.28. The number of aliphatic hydroxyl groups excluding tert-OH is 1. The van der Waals surface area contributed by atoms with E-state index in [1.54, 1.807) is 6.07 Å². The maximum atomic E-state index is 12.7. The zero-order valence-corrected chi connectivity index (χ0v) is 14.3. The summed E-state index contributed by atoms with van der Waals surface area (Å²) >= 11 is 0. The van der Waals surface area contributed by atoms with Gasteiger partial charge in [0.25, 0.3) is 0 Å². The lowest BCUT2D eigenvalue weighted by molar-refractivity contribution is -0.140. The molecule has 2 N–H and O–H groups in total. The highest BCUT2D eigenvalue weighted by Gasteiger charge is 2.35. The molecule has 0 aliphatic carbocycles. The lowest BCUT2D eigenvalue weighted by Gasteiger charge is -2.29. The van der Waals surface area contributed by atoms with E-state index in [9.17, 15) is 18.3 Å². The molecule has 27 heavy (non-hydrogen) atoms. The highest BCUT2D eigenvalue weighted by atomic mass is 19.4. The second-order valence-electron chi connectivity index (χ2n) is 6.39. The van der Waals surface area contributed by atoms with Crippen molar-refractivity contribution >= 4 is 17.3 Å². The summed E-state index contributed by atoms with van der Waals surface area (Å²) in [5.74, 6) is 1.17. The SMILES string of the molecule is OC1C(n2cnc(C(F)(F)F)c2)=CNN1c1cc(N2CCCCC2)ncn1.